The summed E-state index contributed by atoms with van der Waals surface area (Å²) in [5.41, 5.74) is 4.95. The minimum atomic E-state index is -3.59. The van der Waals surface area contributed by atoms with Gasteiger partial charge in [-0.25, -0.2) is 13.1 Å². The van der Waals surface area contributed by atoms with Crippen molar-refractivity contribution in [1.29, 1.82) is 0 Å². The lowest BCUT2D eigenvalue weighted by Gasteiger charge is -2.25. The van der Waals surface area contributed by atoms with Gasteiger partial charge in [0.05, 0.1) is 10.4 Å². The number of nitrogens with two attached hydrogens (primary N) is 1. The summed E-state index contributed by atoms with van der Waals surface area (Å²) >= 11 is 4.59. The highest BCUT2D eigenvalue weighted by molar-refractivity contribution is 9.11. The minimum absolute atomic E-state index is 0.187. The predicted molar refractivity (Wildman–Crippen MR) is 80.3 cm³/mol. The van der Waals surface area contributed by atoms with Crippen molar-refractivity contribution in [2.75, 3.05) is 26.9 Å². The van der Waals surface area contributed by atoms with Crippen molar-refractivity contribution in [2.45, 2.75) is 23.5 Å². The van der Waals surface area contributed by atoms with Gasteiger partial charge in [0.25, 0.3) is 0 Å². The largest absolute Gasteiger partial charge is 0.378 e. The third-order valence-corrected chi connectivity index (χ3v) is 6.96. The van der Waals surface area contributed by atoms with Crippen LogP contribution in [-0.2, 0) is 26.0 Å². The van der Waals surface area contributed by atoms with E-state index in [-0.39, 0.29) is 11.4 Å². The van der Waals surface area contributed by atoms with Crippen molar-refractivity contribution >= 4 is 37.3 Å². The van der Waals surface area contributed by atoms with Crippen LogP contribution >= 0.6 is 27.3 Å². The van der Waals surface area contributed by atoms with Crippen LogP contribution in [0.1, 0.15) is 11.3 Å². The van der Waals surface area contributed by atoms with Crippen LogP contribution in [-0.4, -0.2) is 40.9 Å². The SMILES string of the molecule is COC1(CNS(=O)(=O)c2cc(CN)sc2Br)CCOC1. The molecule has 0 bridgehead atoms. The lowest BCUT2D eigenvalue weighted by atomic mass is 10.0. The van der Waals surface area contributed by atoms with Crippen LogP contribution in [0, 0.1) is 0 Å². The molecule has 3 N–H and O–H groups in total. The highest BCUT2D eigenvalue weighted by Crippen LogP contribution is 2.32. The first-order chi connectivity index (χ1) is 9.42. The van der Waals surface area contributed by atoms with Gasteiger partial charge in [-0.3, -0.25) is 0 Å². The summed E-state index contributed by atoms with van der Waals surface area (Å²) < 4.78 is 38.5. The second kappa shape index (κ2) is 6.39. The molecule has 1 atom stereocenters. The van der Waals surface area contributed by atoms with E-state index in [1.165, 1.54) is 11.3 Å². The summed E-state index contributed by atoms with van der Waals surface area (Å²) in [5, 5.41) is 0. The third-order valence-electron chi connectivity index (χ3n) is 3.28. The van der Waals surface area contributed by atoms with Gasteiger partial charge in [-0.15, -0.1) is 11.3 Å². The van der Waals surface area contributed by atoms with Gasteiger partial charge < -0.3 is 15.2 Å². The molecule has 1 unspecified atom stereocenters. The zero-order valence-electron chi connectivity index (χ0n) is 11.0. The molecule has 1 aliphatic rings. The molecule has 0 saturated carbocycles. The van der Waals surface area contributed by atoms with E-state index in [0.717, 1.165) is 4.88 Å². The fraction of sp³-hybridized carbons (Fsp3) is 0.636. The zero-order valence-corrected chi connectivity index (χ0v) is 14.2. The molecule has 20 heavy (non-hydrogen) atoms. The Labute approximate surface area is 130 Å². The van der Waals surface area contributed by atoms with Crippen LogP contribution < -0.4 is 10.5 Å². The second-order valence-electron chi connectivity index (χ2n) is 4.57. The van der Waals surface area contributed by atoms with Gasteiger partial charge in [-0.2, -0.15) is 0 Å². The Kier molecular flexibility index (Phi) is 5.22. The summed E-state index contributed by atoms with van der Waals surface area (Å²) in [6.45, 7) is 1.47. The Bertz CT molecular complexity index is 567. The number of nitrogens with one attached hydrogen (secondary N) is 1. The third kappa shape index (κ3) is 3.41. The maximum Gasteiger partial charge on any atom is 0.242 e. The highest BCUT2D eigenvalue weighted by Gasteiger charge is 2.36. The van der Waals surface area contributed by atoms with Gasteiger partial charge in [-0.1, -0.05) is 0 Å². The Balaban J connectivity index is 2.12. The molecule has 1 aliphatic heterocycles. The molecule has 9 heteroatoms. The second-order valence-corrected chi connectivity index (χ2v) is 8.76. The fourth-order valence-electron chi connectivity index (χ4n) is 1.95. The molecule has 6 nitrogen and oxygen atoms in total. The van der Waals surface area contributed by atoms with Gasteiger partial charge in [0.15, 0.2) is 0 Å². The molecule has 0 radical (unpaired) electrons. The van der Waals surface area contributed by atoms with Crippen LogP contribution in [0.15, 0.2) is 14.7 Å². The number of sulfonamides is 1. The molecule has 1 saturated heterocycles. The van der Waals surface area contributed by atoms with Gasteiger partial charge in [-0.05, 0) is 22.0 Å². The average Bonchev–Trinajstić information content (AvgIpc) is 3.04. The molecule has 0 amide bonds. The number of methoxy groups -OCH3 is 1. The normalized spacial score (nSPS) is 23.4. The Morgan fingerprint density at radius 1 is 1.65 bits per heavy atom. The van der Waals surface area contributed by atoms with Crippen LogP contribution in [0.3, 0.4) is 0 Å². The summed E-state index contributed by atoms with van der Waals surface area (Å²) in [6, 6.07) is 1.59. The summed E-state index contributed by atoms with van der Waals surface area (Å²) in [7, 11) is -2.03. The number of ether oxygens (including phenoxy) is 2. The zero-order chi connectivity index (χ0) is 14.8. The maximum atomic E-state index is 12.3. The molecular weight excluding hydrogens is 368 g/mol. The smallest absolute Gasteiger partial charge is 0.242 e. The Morgan fingerprint density at radius 3 is 2.90 bits per heavy atom. The van der Waals surface area contributed by atoms with E-state index >= 15 is 0 Å². The van der Waals surface area contributed by atoms with Gasteiger partial charge >= 0.3 is 0 Å². The van der Waals surface area contributed by atoms with E-state index in [1.54, 1.807) is 13.2 Å². The number of rotatable bonds is 6. The molecule has 2 rings (SSSR count). The monoisotopic (exact) mass is 384 g/mol. The van der Waals surface area contributed by atoms with E-state index in [1.807, 2.05) is 0 Å². The van der Waals surface area contributed by atoms with Crippen molar-refractivity contribution in [3.8, 4) is 0 Å². The summed E-state index contributed by atoms with van der Waals surface area (Å²) in [4.78, 5) is 1.02. The van der Waals surface area contributed by atoms with Gasteiger partial charge in [0.2, 0.25) is 10.0 Å². The molecule has 114 valence electrons. The highest BCUT2D eigenvalue weighted by atomic mass is 79.9. The first-order valence-corrected chi connectivity index (χ1v) is 9.12. The fourth-order valence-corrected chi connectivity index (χ4v) is 5.62. The molecule has 2 heterocycles. The van der Waals surface area contributed by atoms with Crippen molar-refractivity contribution < 1.29 is 17.9 Å². The Morgan fingerprint density at radius 2 is 2.40 bits per heavy atom. The van der Waals surface area contributed by atoms with Crippen LogP contribution in [0.5, 0.6) is 0 Å². The molecule has 1 aromatic rings. The number of halogens is 1. The van der Waals surface area contributed by atoms with E-state index in [2.05, 4.69) is 20.7 Å². The molecule has 1 aromatic heterocycles. The summed E-state index contributed by atoms with van der Waals surface area (Å²) in [5.74, 6) is 0. The van der Waals surface area contributed by atoms with Crippen molar-refractivity contribution in [3.05, 3.63) is 14.7 Å². The first-order valence-electron chi connectivity index (χ1n) is 6.03. The predicted octanol–water partition coefficient (Wildman–Crippen LogP) is 1.05. The van der Waals surface area contributed by atoms with Gasteiger partial charge in [0, 0.05) is 38.1 Å². The topological polar surface area (TPSA) is 90.7 Å². The standard InChI is InChI=1S/C11H17BrN2O4S2/c1-17-11(2-3-18-7-11)6-14-20(15,16)9-4-8(5-13)19-10(9)12/h4,14H,2-3,5-7,13H2,1H3. The quantitative estimate of drug-likeness (QED) is 0.764. The molecule has 1 fully saturated rings. The Hall–Kier alpha value is -0.0300. The molecule has 0 aromatic carbocycles. The van der Waals surface area contributed by atoms with E-state index in [0.29, 0.717) is 30.0 Å². The maximum absolute atomic E-state index is 12.3. The van der Waals surface area contributed by atoms with Crippen molar-refractivity contribution in [1.82, 2.24) is 4.72 Å². The molecule has 0 spiro atoms. The number of thiophene rings is 1. The van der Waals surface area contributed by atoms with E-state index in [9.17, 15) is 8.42 Å². The minimum Gasteiger partial charge on any atom is -0.378 e. The van der Waals surface area contributed by atoms with Crippen LogP contribution in [0.2, 0.25) is 0 Å². The lowest BCUT2D eigenvalue weighted by molar-refractivity contribution is -0.0120. The van der Waals surface area contributed by atoms with Crippen LogP contribution in [0.25, 0.3) is 0 Å². The molecular formula is C11H17BrN2O4S2. The number of hydrogen-bond donors (Lipinski definition) is 2. The lowest BCUT2D eigenvalue weighted by Crippen LogP contribution is -2.44. The summed E-state index contributed by atoms with van der Waals surface area (Å²) in [6.07, 6.45) is 0.672. The van der Waals surface area contributed by atoms with E-state index in [4.69, 9.17) is 15.2 Å². The first kappa shape index (κ1) is 16.3. The molecule has 0 aliphatic carbocycles. The van der Waals surface area contributed by atoms with Crippen LogP contribution in [0.4, 0.5) is 0 Å². The van der Waals surface area contributed by atoms with Gasteiger partial charge in [0.1, 0.15) is 10.5 Å². The average molecular weight is 385 g/mol. The van der Waals surface area contributed by atoms with E-state index < -0.39 is 15.6 Å². The number of hydrogen-bond acceptors (Lipinski definition) is 6. The van der Waals surface area contributed by atoms with Crippen molar-refractivity contribution in [3.63, 3.8) is 0 Å². The van der Waals surface area contributed by atoms with Crippen molar-refractivity contribution in [2.24, 2.45) is 5.73 Å².